The van der Waals surface area contributed by atoms with E-state index in [1.807, 2.05) is 13.8 Å². The van der Waals surface area contributed by atoms with Crippen LogP contribution in [-0.4, -0.2) is 72.5 Å². The number of piperazine rings is 1. The number of carbonyl (C=O) groups excluding carboxylic acids is 2. The van der Waals surface area contributed by atoms with Crippen molar-refractivity contribution < 1.29 is 9.59 Å². The van der Waals surface area contributed by atoms with Crippen molar-refractivity contribution >= 4 is 11.8 Å². The highest BCUT2D eigenvalue weighted by atomic mass is 16.2. The van der Waals surface area contributed by atoms with Crippen LogP contribution in [0.1, 0.15) is 58.8 Å². The minimum atomic E-state index is -0.108. The number of carbonyl (C=O) groups is 2. The Morgan fingerprint density at radius 3 is 2.22 bits per heavy atom. The smallest absolute Gasteiger partial charge is 0.237 e. The number of hydrogen-bond acceptors (Lipinski definition) is 4. The Kier molecular flexibility index (Phi) is 7.30. The summed E-state index contributed by atoms with van der Waals surface area (Å²) in [7, 11) is 0. The van der Waals surface area contributed by atoms with Crippen molar-refractivity contribution in [3.63, 3.8) is 0 Å². The Bertz CT molecular complexity index is 550. The van der Waals surface area contributed by atoms with E-state index < -0.39 is 0 Å². The van der Waals surface area contributed by atoms with Crippen LogP contribution in [0.5, 0.6) is 0 Å². The van der Waals surface area contributed by atoms with E-state index in [9.17, 15) is 9.59 Å². The lowest BCUT2D eigenvalue weighted by Gasteiger charge is -2.39. The van der Waals surface area contributed by atoms with Gasteiger partial charge in [0, 0.05) is 38.8 Å². The van der Waals surface area contributed by atoms with Gasteiger partial charge in [-0.05, 0) is 58.8 Å². The maximum atomic E-state index is 12.5. The molecule has 0 radical (unpaired) electrons. The molecule has 6 nitrogen and oxygen atoms in total. The first-order valence-corrected chi connectivity index (χ1v) is 10.8. The van der Waals surface area contributed by atoms with Crippen LogP contribution in [0.4, 0.5) is 0 Å². The molecule has 1 heterocycles. The quantitative estimate of drug-likeness (QED) is 0.633. The van der Waals surface area contributed by atoms with Crippen LogP contribution in [0.25, 0.3) is 0 Å². The van der Waals surface area contributed by atoms with Gasteiger partial charge >= 0.3 is 0 Å². The highest BCUT2D eigenvalue weighted by Gasteiger charge is 2.31. The Hall–Kier alpha value is -1.40. The molecule has 2 fully saturated rings. The summed E-state index contributed by atoms with van der Waals surface area (Å²) < 4.78 is 0. The summed E-state index contributed by atoms with van der Waals surface area (Å²) in [5.74, 6) is 0.271. The molecule has 2 atom stereocenters. The van der Waals surface area contributed by atoms with Gasteiger partial charge in [0.15, 0.2) is 0 Å². The maximum Gasteiger partial charge on any atom is 0.237 e. The molecular formula is C21H36N4O2. The second-order valence-corrected chi connectivity index (χ2v) is 8.36. The van der Waals surface area contributed by atoms with E-state index in [1.54, 1.807) is 0 Å². The fraction of sp³-hybridized carbons (Fsp3) is 0.810. The van der Waals surface area contributed by atoms with Crippen molar-refractivity contribution in [2.24, 2.45) is 0 Å². The van der Waals surface area contributed by atoms with Crippen molar-refractivity contribution in [2.75, 3.05) is 32.7 Å². The lowest BCUT2D eigenvalue weighted by molar-refractivity contribution is -0.129. The summed E-state index contributed by atoms with van der Waals surface area (Å²) in [5.41, 5.74) is 1.50. The highest BCUT2D eigenvalue weighted by molar-refractivity contribution is 5.82. The lowest BCUT2D eigenvalue weighted by atomic mass is 9.97. The normalized spacial score (nSPS) is 24.0. The number of nitrogens with one attached hydrogen (secondary N) is 2. The van der Waals surface area contributed by atoms with Crippen molar-refractivity contribution in [1.29, 1.82) is 0 Å². The minimum Gasteiger partial charge on any atom is -0.354 e. The Morgan fingerprint density at radius 1 is 1.04 bits per heavy atom. The van der Waals surface area contributed by atoms with Crippen LogP contribution >= 0.6 is 0 Å². The van der Waals surface area contributed by atoms with Gasteiger partial charge < -0.3 is 10.6 Å². The predicted octanol–water partition coefficient (Wildman–Crippen LogP) is 1.67. The zero-order chi connectivity index (χ0) is 19.2. The number of amides is 2. The van der Waals surface area contributed by atoms with E-state index >= 15 is 0 Å². The van der Waals surface area contributed by atoms with E-state index in [0.717, 1.165) is 52.0 Å². The van der Waals surface area contributed by atoms with E-state index in [1.165, 1.54) is 31.3 Å². The standard InChI is InChI=1S/C21H36N4O2/c1-16(20(26)22-11-10-18-6-4-3-5-7-18)24-12-14-25(15-13-24)17(2)21(27)23-19-8-9-19/h6,16-17,19H,3-5,7-15H2,1-2H3,(H,22,26)(H,23,27)/t16-,17+/m1/s1. The average Bonchev–Trinajstić information content (AvgIpc) is 3.51. The van der Waals surface area contributed by atoms with E-state index in [4.69, 9.17) is 0 Å². The van der Waals surface area contributed by atoms with Crippen LogP contribution in [-0.2, 0) is 9.59 Å². The molecule has 0 spiro atoms. The SMILES string of the molecule is C[C@H](C(=O)NCCC1=CCCCC1)N1CCN([C@@H](C)C(=O)NC2CC2)CC1. The molecule has 1 saturated carbocycles. The molecule has 27 heavy (non-hydrogen) atoms. The third kappa shape index (κ3) is 6.04. The molecule has 2 amide bonds. The van der Waals surface area contributed by atoms with Gasteiger partial charge in [-0.15, -0.1) is 0 Å². The first-order chi connectivity index (χ1) is 13.0. The molecule has 1 saturated heterocycles. The summed E-state index contributed by atoms with van der Waals surface area (Å²) >= 11 is 0. The number of hydrogen-bond donors (Lipinski definition) is 2. The molecule has 2 N–H and O–H groups in total. The number of rotatable bonds is 8. The lowest BCUT2D eigenvalue weighted by Crippen LogP contribution is -2.57. The molecule has 0 bridgehead atoms. The molecule has 3 aliphatic rings. The summed E-state index contributed by atoms with van der Waals surface area (Å²) in [5, 5.41) is 6.20. The zero-order valence-corrected chi connectivity index (χ0v) is 17.0. The number of allylic oxidation sites excluding steroid dienone is 1. The third-order valence-electron chi connectivity index (χ3n) is 6.26. The van der Waals surface area contributed by atoms with E-state index in [0.29, 0.717) is 6.04 Å². The molecule has 2 aliphatic carbocycles. The molecule has 1 aliphatic heterocycles. The third-order valence-corrected chi connectivity index (χ3v) is 6.26. The second kappa shape index (κ2) is 9.69. The second-order valence-electron chi connectivity index (χ2n) is 8.36. The summed E-state index contributed by atoms with van der Waals surface area (Å²) in [6.45, 7) is 8.07. The molecule has 0 aromatic carbocycles. The van der Waals surface area contributed by atoms with Crippen molar-refractivity contribution in [3.05, 3.63) is 11.6 Å². The Labute approximate surface area is 163 Å². The zero-order valence-electron chi connectivity index (χ0n) is 17.0. The van der Waals surface area contributed by atoms with Crippen molar-refractivity contribution in [2.45, 2.75) is 76.9 Å². The molecule has 6 heteroatoms. The van der Waals surface area contributed by atoms with Crippen LogP contribution in [0, 0.1) is 0 Å². The molecule has 3 rings (SSSR count). The highest BCUT2D eigenvalue weighted by Crippen LogP contribution is 2.20. The summed E-state index contributed by atoms with van der Waals surface area (Å²) in [6.07, 6.45) is 10.6. The van der Waals surface area contributed by atoms with Gasteiger partial charge in [0.25, 0.3) is 0 Å². The van der Waals surface area contributed by atoms with Gasteiger partial charge in [-0.25, -0.2) is 0 Å². The fourth-order valence-corrected chi connectivity index (χ4v) is 4.02. The van der Waals surface area contributed by atoms with Gasteiger partial charge in [0.1, 0.15) is 0 Å². The molecule has 152 valence electrons. The maximum absolute atomic E-state index is 12.5. The largest absolute Gasteiger partial charge is 0.354 e. The average molecular weight is 377 g/mol. The van der Waals surface area contributed by atoms with Crippen LogP contribution in [0.3, 0.4) is 0 Å². The molecule has 0 aromatic rings. The summed E-state index contributed by atoms with van der Waals surface area (Å²) in [4.78, 5) is 29.2. The van der Waals surface area contributed by atoms with Crippen LogP contribution in [0.2, 0.25) is 0 Å². The molecular weight excluding hydrogens is 340 g/mol. The Balaban J connectivity index is 1.35. The van der Waals surface area contributed by atoms with Gasteiger partial charge in [-0.2, -0.15) is 0 Å². The van der Waals surface area contributed by atoms with E-state index in [2.05, 4.69) is 26.5 Å². The topological polar surface area (TPSA) is 64.7 Å². The molecule has 0 aromatic heterocycles. The first-order valence-electron chi connectivity index (χ1n) is 10.8. The van der Waals surface area contributed by atoms with Gasteiger partial charge in [0.2, 0.25) is 11.8 Å². The van der Waals surface area contributed by atoms with Gasteiger partial charge in [0.05, 0.1) is 12.1 Å². The fourth-order valence-electron chi connectivity index (χ4n) is 4.02. The van der Waals surface area contributed by atoms with Gasteiger partial charge in [-0.3, -0.25) is 19.4 Å². The van der Waals surface area contributed by atoms with Crippen LogP contribution in [0.15, 0.2) is 11.6 Å². The first kappa shape index (κ1) is 20.3. The summed E-state index contributed by atoms with van der Waals surface area (Å²) in [6, 6.07) is 0.220. The monoisotopic (exact) mass is 376 g/mol. The van der Waals surface area contributed by atoms with Crippen LogP contribution < -0.4 is 10.6 Å². The number of nitrogens with zero attached hydrogens (tertiary/aromatic N) is 2. The predicted molar refractivity (Wildman–Crippen MR) is 107 cm³/mol. The van der Waals surface area contributed by atoms with Crippen molar-refractivity contribution in [1.82, 2.24) is 20.4 Å². The minimum absolute atomic E-state index is 0.0827. The van der Waals surface area contributed by atoms with Crippen molar-refractivity contribution in [3.8, 4) is 0 Å². The Morgan fingerprint density at radius 2 is 1.67 bits per heavy atom. The van der Waals surface area contributed by atoms with Gasteiger partial charge in [-0.1, -0.05) is 11.6 Å². The molecule has 0 unspecified atom stereocenters. The van der Waals surface area contributed by atoms with E-state index in [-0.39, 0.29) is 23.9 Å².